The van der Waals surface area contributed by atoms with Crippen molar-refractivity contribution in [2.24, 2.45) is 0 Å². The van der Waals surface area contributed by atoms with E-state index in [1.54, 1.807) is 0 Å². The van der Waals surface area contributed by atoms with Gasteiger partial charge in [-0.3, -0.25) is 4.79 Å². The number of piperidine rings is 1. The van der Waals surface area contributed by atoms with E-state index in [0.29, 0.717) is 18.4 Å². The number of carbonyl (C=O) groups is 1. The highest BCUT2D eigenvalue weighted by Crippen LogP contribution is 2.21. The maximum atomic E-state index is 11.7. The average Bonchev–Trinajstić information content (AvgIpc) is 3.09. The first-order chi connectivity index (χ1) is 7.31. The molecule has 1 heterocycles. The Kier molecular flexibility index (Phi) is 3.62. The predicted molar refractivity (Wildman–Crippen MR) is 60.7 cm³/mol. The molecular weight excluding hydrogens is 188 g/mol. The molecule has 3 nitrogen and oxygen atoms in total. The molecule has 15 heavy (non-hydrogen) atoms. The van der Waals surface area contributed by atoms with E-state index in [9.17, 15) is 4.79 Å². The quantitative estimate of drug-likeness (QED) is 0.763. The third-order valence-electron chi connectivity index (χ3n) is 3.47. The summed E-state index contributed by atoms with van der Waals surface area (Å²) in [5.41, 5.74) is 0. The highest BCUT2D eigenvalue weighted by Gasteiger charge is 2.28. The van der Waals surface area contributed by atoms with Crippen LogP contribution in [0.2, 0.25) is 0 Å². The van der Waals surface area contributed by atoms with Gasteiger partial charge in [0.25, 0.3) is 0 Å². The van der Waals surface area contributed by atoms with Gasteiger partial charge in [-0.2, -0.15) is 0 Å². The van der Waals surface area contributed by atoms with Crippen molar-refractivity contribution in [2.45, 2.75) is 57.5 Å². The molecule has 0 spiro atoms. The van der Waals surface area contributed by atoms with Gasteiger partial charge in [0, 0.05) is 31.6 Å². The Morgan fingerprint density at radius 1 is 1.33 bits per heavy atom. The number of hydrogen-bond acceptors (Lipinski definition) is 2. The Hall–Kier alpha value is -0.570. The van der Waals surface area contributed by atoms with E-state index in [1.807, 2.05) is 6.92 Å². The van der Waals surface area contributed by atoms with Crippen molar-refractivity contribution in [3.8, 4) is 0 Å². The fourth-order valence-corrected chi connectivity index (χ4v) is 2.33. The molecule has 0 radical (unpaired) electrons. The fraction of sp³-hybridized carbons (Fsp3) is 0.917. The third kappa shape index (κ3) is 2.94. The molecule has 2 fully saturated rings. The molecule has 2 rings (SSSR count). The van der Waals surface area contributed by atoms with Crippen molar-refractivity contribution in [3.05, 3.63) is 0 Å². The molecule has 2 aliphatic rings. The summed E-state index contributed by atoms with van der Waals surface area (Å²) in [6, 6.07) is 1.22. The van der Waals surface area contributed by atoms with Gasteiger partial charge in [-0.25, -0.2) is 0 Å². The Labute approximate surface area is 92.2 Å². The first kappa shape index (κ1) is 10.9. The van der Waals surface area contributed by atoms with Crippen molar-refractivity contribution < 1.29 is 4.79 Å². The molecule has 0 aromatic carbocycles. The van der Waals surface area contributed by atoms with E-state index in [2.05, 4.69) is 10.2 Å². The number of carbonyl (C=O) groups excluding carboxylic acids is 1. The van der Waals surface area contributed by atoms with Gasteiger partial charge in [-0.1, -0.05) is 6.92 Å². The number of nitrogens with one attached hydrogen (secondary N) is 1. The summed E-state index contributed by atoms with van der Waals surface area (Å²) >= 11 is 0. The predicted octanol–water partition coefficient (Wildman–Crippen LogP) is 1.53. The van der Waals surface area contributed by atoms with Crippen LogP contribution >= 0.6 is 0 Å². The average molecular weight is 210 g/mol. The zero-order valence-electron chi connectivity index (χ0n) is 9.67. The van der Waals surface area contributed by atoms with Crippen LogP contribution in [0.5, 0.6) is 0 Å². The van der Waals surface area contributed by atoms with Crippen molar-refractivity contribution in [2.75, 3.05) is 13.1 Å². The van der Waals surface area contributed by atoms with Crippen LogP contribution in [-0.4, -0.2) is 36.0 Å². The topological polar surface area (TPSA) is 32.3 Å². The molecule has 1 saturated heterocycles. The van der Waals surface area contributed by atoms with Crippen LogP contribution in [0.15, 0.2) is 0 Å². The second-order valence-electron chi connectivity index (χ2n) is 4.77. The van der Waals surface area contributed by atoms with Crippen molar-refractivity contribution in [3.63, 3.8) is 0 Å². The zero-order chi connectivity index (χ0) is 10.7. The van der Waals surface area contributed by atoms with Crippen molar-refractivity contribution in [1.29, 1.82) is 0 Å². The lowest BCUT2D eigenvalue weighted by Gasteiger charge is -2.36. The molecule has 1 amide bonds. The molecule has 86 valence electrons. The number of amides is 1. The zero-order valence-corrected chi connectivity index (χ0v) is 9.67. The number of nitrogens with zero attached hydrogens (tertiary/aromatic N) is 1. The van der Waals surface area contributed by atoms with E-state index in [-0.39, 0.29) is 0 Å². The van der Waals surface area contributed by atoms with Crippen LogP contribution in [0.25, 0.3) is 0 Å². The first-order valence-electron chi connectivity index (χ1n) is 6.34. The van der Waals surface area contributed by atoms with Gasteiger partial charge in [0.2, 0.25) is 5.91 Å². The minimum Gasteiger partial charge on any atom is -0.338 e. The van der Waals surface area contributed by atoms with Crippen LogP contribution in [0.1, 0.15) is 45.4 Å². The smallest absolute Gasteiger partial charge is 0.222 e. The number of rotatable bonds is 4. The molecule has 0 bridgehead atoms. The first-order valence-corrected chi connectivity index (χ1v) is 6.34. The van der Waals surface area contributed by atoms with Gasteiger partial charge in [0.15, 0.2) is 0 Å². The fourth-order valence-electron chi connectivity index (χ4n) is 2.33. The second kappa shape index (κ2) is 4.97. The summed E-state index contributed by atoms with van der Waals surface area (Å²) in [7, 11) is 0. The molecule has 0 aromatic rings. The van der Waals surface area contributed by atoms with Gasteiger partial charge >= 0.3 is 0 Å². The van der Waals surface area contributed by atoms with E-state index < -0.39 is 0 Å². The van der Waals surface area contributed by atoms with E-state index >= 15 is 0 Å². The Bertz CT molecular complexity index is 226. The van der Waals surface area contributed by atoms with E-state index in [1.165, 1.54) is 32.1 Å². The summed E-state index contributed by atoms with van der Waals surface area (Å²) in [4.78, 5) is 13.8. The van der Waals surface area contributed by atoms with Gasteiger partial charge < -0.3 is 10.2 Å². The minimum atomic E-state index is 0.331. The standard InChI is InChI=1S/C12H22N2O/c1-2-12(15)14-8-4-3-5-11(14)9-13-10-6-7-10/h10-11,13H,2-9H2,1H3. The van der Waals surface area contributed by atoms with Gasteiger partial charge in [0.05, 0.1) is 0 Å². The minimum absolute atomic E-state index is 0.331. The Balaban J connectivity index is 1.83. The van der Waals surface area contributed by atoms with Crippen molar-refractivity contribution >= 4 is 5.91 Å². The van der Waals surface area contributed by atoms with Crippen LogP contribution < -0.4 is 5.32 Å². The molecule has 0 aromatic heterocycles. The van der Waals surface area contributed by atoms with Gasteiger partial charge in [-0.05, 0) is 32.1 Å². The molecule has 1 saturated carbocycles. The largest absolute Gasteiger partial charge is 0.338 e. The second-order valence-corrected chi connectivity index (χ2v) is 4.77. The summed E-state index contributed by atoms with van der Waals surface area (Å²) in [6.07, 6.45) is 6.96. The molecule has 1 atom stereocenters. The monoisotopic (exact) mass is 210 g/mol. The normalized spacial score (nSPS) is 26.7. The summed E-state index contributed by atoms with van der Waals surface area (Å²) < 4.78 is 0. The maximum absolute atomic E-state index is 11.7. The van der Waals surface area contributed by atoms with Gasteiger partial charge in [-0.15, -0.1) is 0 Å². The Morgan fingerprint density at radius 3 is 2.80 bits per heavy atom. The van der Waals surface area contributed by atoms with E-state index in [0.717, 1.165) is 19.1 Å². The lowest BCUT2D eigenvalue weighted by atomic mass is 10.0. The highest BCUT2D eigenvalue weighted by atomic mass is 16.2. The van der Waals surface area contributed by atoms with Gasteiger partial charge in [0.1, 0.15) is 0 Å². The summed E-state index contributed by atoms with van der Waals surface area (Å²) in [5.74, 6) is 0.331. The molecule has 1 unspecified atom stereocenters. The Morgan fingerprint density at radius 2 is 2.13 bits per heavy atom. The maximum Gasteiger partial charge on any atom is 0.222 e. The number of hydrogen-bond donors (Lipinski definition) is 1. The highest BCUT2D eigenvalue weighted by molar-refractivity contribution is 5.76. The molecule has 3 heteroatoms. The molecule has 1 aliphatic heterocycles. The van der Waals surface area contributed by atoms with Crippen LogP contribution in [0.3, 0.4) is 0 Å². The lowest BCUT2D eigenvalue weighted by molar-refractivity contribution is -0.134. The molecule has 1 N–H and O–H groups in total. The third-order valence-corrected chi connectivity index (χ3v) is 3.47. The molecule has 1 aliphatic carbocycles. The SMILES string of the molecule is CCC(=O)N1CCCCC1CNC1CC1. The summed E-state index contributed by atoms with van der Waals surface area (Å²) in [6.45, 7) is 3.95. The lowest BCUT2D eigenvalue weighted by Crippen LogP contribution is -2.48. The van der Waals surface area contributed by atoms with Crippen molar-refractivity contribution in [1.82, 2.24) is 10.2 Å². The van der Waals surface area contributed by atoms with Crippen LogP contribution in [-0.2, 0) is 4.79 Å². The van der Waals surface area contributed by atoms with E-state index in [4.69, 9.17) is 0 Å². The summed E-state index contributed by atoms with van der Waals surface area (Å²) in [5, 5.41) is 3.54. The number of likely N-dealkylation sites (tertiary alicyclic amines) is 1. The van der Waals surface area contributed by atoms with Crippen LogP contribution in [0.4, 0.5) is 0 Å². The van der Waals surface area contributed by atoms with Crippen LogP contribution in [0, 0.1) is 0 Å². The molecular formula is C12H22N2O.